The molecule has 0 aliphatic rings. The van der Waals surface area contributed by atoms with Gasteiger partial charge in [0.05, 0.1) is 5.02 Å². The van der Waals surface area contributed by atoms with Crippen LogP contribution in [0.4, 0.5) is 4.39 Å². The highest BCUT2D eigenvalue weighted by Crippen LogP contribution is 2.23. The van der Waals surface area contributed by atoms with Crippen LogP contribution in [0.25, 0.3) is 0 Å². The Labute approximate surface area is 133 Å². The topological polar surface area (TPSA) is 38.0 Å². The first kappa shape index (κ1) is 16.3. The van der Waals surface area contributed by atoms with Crippen LogP contribution in [-0.2, 0) is 6.42 Å². The predicted molar refractivity (Wildman–Crippen MR) is 88.1 cm³/mol. The van der Waals surface area contributed by atoms with E-state index >= 15 is 0 Å². The molecule has 0 saturated heterocycles. The molecule has 0 radical (unpaired) electrons. The second-order valence-electron chi connectivity index (χ2n) is 4.89. The lowest BCUT2D eigenvalue weighted by atomic mass is 10.1. The van der Waals surface area contributed by atoms with Gasteiger partial charge in [-0.05, 0) is 42.7 Å². The highest BCUT2D eigenvalue weighted by Gasteiger charge is 2.11. The van der Waals surface area contributed by atoms with Crippen LogP contribution < -0.4 is 11.3 Å². The molecule has 2 nitrogen and oxygen atoms in total. The fraction of sp³-hybridized carbons (Fsp3) is 0.250. The summed E-state index contributed by atoms with van der Waals surface area (Å²) in [6.45, 7) is 2.09. The molecule has 0 spiro atoms. The van der Waals surface area contributed by atoms with Crippen LogP contribution in [0.2, 0.25) is 5.02 Å². The third kappa shape index (κ3) is 4.71. The first-order valence-electron chi connectivity index (χ1n) is 6.68. The molecular formula is C16H18ClFN2S. The molecule has 112 valence electrons. The lowest BCUT2D eigenvalue weighted by Crippen LogP contribution is -2.38. The van der Waals surface area contributed by atoms with Crippen LogP contribution in [0.1, 0.15) is 11.1 Å². The maximum absolute atomic E-state index is 13.4. The zero-order valence-corrected chi connectivity index (χ0v) is 13.3. The molecule has 1 atom stereocenters. The monoisotopic (exact) mass is 324 g/mol. The van der Waals surface area contributed by atoms with Crippen molar-refractivity contribution in [2.75, 3.05) is 5.75 Å². The molecule has 0 heterocycles. The number of thioether (sulfide) groups is 1. The van der Waals surface area contributed by atoms with Gasteiger partial charge in [0.15, 0.2) is 0 Å². The Balaban J connectivity index is 1.97. The third-order valence-electron chi connectivity index (χ3n) is 3.24. The van der Waals surface area contributed by atoms with Crippen LogP contribution in [0.15, 0.2) is 47.4 Å². The molecule has 1 unspecified atom stereocenters. The zero-order chi connectivity index (χ0) is 15.2. The van der Waals surface area contributed by atoms with Gasteiger partial charge in [-0.25, -0.2) is 4.39 Å². The lowest BCUT2D eigenvalue weighted by molar-refractivity contribution is 0.570. The predicted octanol–water partition coefficient (Wildman–Crippen LogP) is 3.95. The molecule has 2 aromatic carbocycles. The van der Waals surface area contributed by atoms with Crippen LogP contribution in [0.5, 0.6) is 0 Å². The van der Waals surface area contributed by atoms with Crippen molar-refractivity contribution in [3.8, 4) is 0 Å². The Hall–Kier alpha value is -1.07. The van der Waals surface area contributed by atoms with Crippen molar-refractivity contribution in [1.82, 2.24) is 5.43 Å². The van der Waals surface area contributed by atoms with Crippen molar-refractivity contribution in [1.29, 1.82) is 0 Å². The van der Waals surface area contributed by atoms with Gasteiger partial charge in [0, 0.05) is 16.7 Å². The number of rotatable bonds is 6. The zero-order valence-electron chi connectivity index (χ0n) is 11.8. The van der Waals surface area contributed by atoms with Crippen LogP contribution in [-0.4, -0.2) is 11.8 Å². The van der Waals surface area contributed by atoms with E-state index in [4.69, 9.17) is 17.4 Å². The molecule has 0 aliphatic carbocycles. The van der Waals surface area contributed by atoms with E-state index < -0.39 is 5.82 Å². The highest BCUT2D eigenvalue weighted by molar-refractivity contribution is 7.99. The molecule has 0 aliphatic heterocycles. The summed E-state index contributed by atoms with van der Waals surface area (Å²) < 4.78 is 13.4. The molecular weight excluding hydrogens is 307 g/mol. The number of benzene rings is 2. The van der Waals surface area contributed by atoms with Crippen LogP contribution >= 0.6 is 23.4 Å². The minimum Gasteiger partial charge on any atom is -0.271 e. The van der Waals surface area contributed by atoms with Crippen molar-refractivity contribution >= 4 is 23.4 Å². The number of aryl methyl sites for hydroxylation is 1. The smallest absolute Gasteiger partial charge is 0.142 e. The summed E-state index contributed by atoms with van der Waals surface area (Å²) in [5.41, 5.74) is 4.92. The summed E-state index contributed by atoms with van der Waals surface area (Å²) in [4.78, 5) is 1.24. The van der Waals surface area contributed by atoms with Gasteiger partial charge in [-0.3, -0.25) is 11.3 Å². The standard InChI is InChI=1S/C16H18ClFN2S/c1-11-4-2-3-5-16(11)21-10-13(20-19)8-12-6-7-14(17)15(18)9-12/h2-7,9,13,20H,8,10,19H2,1H3. The number of hydrogen-bond donors (Lipinski definition) is 2. The molecule has 0 bridgehead atoms. The SMILES string of the molecule is Cc1ccccc1SCC(Cc1ccc(Cl)c(F)c1)NN. The first-order chi connectivity index (χ1) is 10.1. The van der Waals surface area contributed by atoms with Gasteiger partial charge in [-0.1, -0.05) is 35.9 Å². The van der Waals surface area contributed by atoms with Gasteiger partial charge < -0.3 is 0 Å². The number of nitrogens with two attached hydrogens (primary N) is 1. The molecule has 5 heteroatoms. The number of hydrogen-bond acceptors (Lipinski definition) is 3. The molecule has 2 rings (SSSR count). The fourth-order valence-corrected chi connectivity index (χ4v) is 3.21. The minimum absolute atomic E-state index is 0.0650. The largest absolute Gasteiger partial charge is 0.271 e. The maximum atomic E-state index is 13.4. The van der Waals surface area contributed by atoms with Crippen molar-refractivity contribution in [3.63, 3.8) is 0 Å². The van der Waals surface area contributed by atoms with Gasteiger partial charge in [0.25, 0.3) is 0 Å². The van der Waals surface area contributed by atoms with Crippen molar-refractivity contribution in [2.45, 2.75) is 24.3 Å². The van der Waals surface area contributed by atoms with Gasteiger partial charge in [-0.15, -0.1) is 11.8 Å². The van der Waals surface area contributed by atoms with E-state index in [-0.39, 0.29) is 11.1 Å². The number of hydrazine groups is 1. The lowest BCUT2D eigenvalue weighted by Gasteiger charge is -2.16. The van der Waals surface area contributed by atoms with E-state index in [1.807, 2.05) is 18.2 Å². The summed E-state index contributed by atoms with van der Waals surface area (Å²) >= 11 is 7.43. The van der Waals surface area contributed by atoms with Gasteiger partial charge in [0.1, 0.15) is 5.82 Å². The van der Waals surface area contributed by atoms with Crippen molar-refractivity contribution < 1.29 is 4.39 Å². The van der Waals surface area contributed by atoms with E-state index in [2.05, 4.69) is 24.5 Å². The molecule has 2 aromatic rings. The van der Waals surface area contributed by atoms with Gasteiger partial charge in [-0.2, -0.15) is 0 Å². The summed E-state index contributed by atoms with van der Waals surface area (Å²) in [5, 5.41) is 0.144. The Morgan fingerprint density at radius 2 is 2.05 bits per heavy atom. The van der Waals surface area contributed by atoms with Crippen molar-refractivity contribution in [2.24, 2.45) is 5.84 Å². The van der Waals surface area contributed by atoms with E-state index in [0.717, 1.165) is 11.3 Å². The summed E-state index contributed by atoms with van der Waals surface area (Å²) in [6, 6.07) is 13.2. The first-order valence-corrected chi connectivity index (χ1v) is 8.05. The van der Waals surface area contributed by atoms with Crippen LogP contribution in [0, 0.1) is 12.7 Å². The quantitative estimate of drug-likeness (QED) is 0.480. The second-order valence-corrected chi connectivity index (χ2v) is 6.36. The average Bonchev–Trinajstić information content (AvgIpc) is 2.48. The number of halogens is 2. The Morgan fingerprint density at radius 3 is 2.71 bits per heavy atom. The number of nitrogens with one attached hydrogen (secondary N) is 1. The molecule has 0 aromatic heterocycles. The third-order valence-corrected chi connectivity index (χ3v) is 4.88. The highest BCUT2D eigenvalue weighted by atomic mass is 35.5. The summed E-state index contributed by atoms with van der Waals surface area (Å²) in [7, 11) is 0. The maximum Gasteiger partial charge on any atom is 0.142 e. The second kappa shape index (κ2) is 7.80. The molecule has 0 fully saturated rings. The molecule has 0 amide bonds. The Morgan fingerprint density at radius 1 is 1.29 bits per heavy atom. The normalized spacial score (nSPS) is 12.4. The van der Waals surface area contributed by atoms with Gasteiger partial charge >= 0.3 is 0 Å². The summed E-state index contributed by atoms with van der Waals surface area (Å²) in [5.74, 6) is 6.03. The van der Waals surface area contributed by atoms with E-state index in [1.54, 1.807) is 17.8 Å². The Bertz CT molecular complexity index is 607. The van der Waals surface area contributed by atoms with Crippen LogP contribution in [0.3, 0.4) is 0 Å². The summed E-state index contributed by atoms with van der Waals surface area (Å²) in [6.07, 6.45) is 0.656. The van der Waals surface area contributed by atoms with E-state index in [0.29, 0.717) is 6.42 Å². The molecule has 0 saturated carbocycles. The van der Waals surface area contributed by atoms with E-state index in [1.165, 1.54) is 16.5 Å². The fourth-order valence-electron chi connectivity index (χ4n) is 2.03. The minimum atomic E-state index is -0.392. The molecule has 21 heavy (non-hydrogen) atoms. The van der Waals surface area contributed by atoms with Gasteiger partial charge in [0.2, 0.25) is 0 Å². The molecule has 3 N–H and O–H groups in total. The Kier molecular flexibility index (Phi) is 6.06. The van der Waals surface area contributed by atoms with E-state index in [9.17, 15) is 4.39 Å². The van der Waals surface area contributed by atoms with Crippen molar-refractivity contribution in [3.05, 3.63) is 64.4 Å². The average molecular weight is 325 g/mol.